The van der Waals surface area contributed by atoms with Crippen LogP contribution in [0.2, 0.25) is 0 Å². The summed E-state index contributed by atoms with van der Waals surface area (Å²) in [7, 11) is 0. The van der Waals surface area contributed by atoms with Gasteiger partial charge in [0.05, 0.1) is 18.8 Å². The second-order valence-corrected chi connectivity index (χ2v) is 6.51. The molecule has 1 saturated heterocycles. The Labute approximate surface area is 156 Å². The molecule has 1 amide bonds. The van der Waals surface area contributed by atoms with Crippen LogP contribution in [0.5, 0.6) is 0 Å². The van der Waals surface area contributed by atoms with Gasteiger partial charge in [-0.1, -0.05) is 6.07 Å². The highest BCUT2D eigenvalue weighted by Crippen LogP contribution is 2.27. The molecule has 3 aromatic rings. The first-order valence-corrected chi connectivity index (χ1v) is 9.03. The minimum absolute atomic E-state index is 0.140. The number of amides is 1. The first-order chi connectivity index (χ1) is 13.2. The van der Waals surface area contributed by atoms with Crippen LogP contribution in [0, 0.1) is 5.95 Å². The first kappa shape index (κ1) is 17.6. The molecule has 2 N–H and O–H groups in total. The van der Waals surface area contributed by atoms with Crippen molar-refractivity contribution in [3.63, 3.8) is 0 Å². The van der Waals surface area contributed by atoms with Gasteiger partial charge >= 0.3 is 0 Å². The number of H-pyrrole nitrogens is 1. The number of ether oxygens (including phenoxy) is 1. The number of halogens is 1. The smallest absolute Gasteiger partial charge is 0.253 e. The predicted octanol–water partition coefficient (Wildman–Crippen LogP) is 2.43. The third-order valence-electron chi connectivity index (χ3n) is 4.81. The van der Waals surface area contributed by atoms with Crippen LogP contribution in [0.3, 0.4) is 0 Å². The number of hydrogen-bond acceptors (Lipinski definition) is 4. The van der Waals surface area contributed by atoms with Crippen molar-refractivity contribution in [3.8, 4) is 11.1 Å². The average Bonchev–Trinajstić information content (AvgIpc) is 3.12. The van der Waals surface area contributed by atoms with Crippen molar-refractivity contribution in [1.82, 2.24) is 20.2 Å². The van der Waals surface area contributed by atoms with E-state index in [9.17, 15) is 9.18 Å². The fourth-order valence-corrected chi connectivity index (χ4v) is 3.32. The zero-order valence-corrected chi connectivity index (χ0v) is 14.9. The molecule has 0 spiro atoms. The van der Waals surface area contributed by atoms with Gasteiger partial charge in [0.25, 0.3) is 5.91 Å². The molecular formula is C20H21FN4O2. The Morgan fingerprint density at radius 3 is 2.96 bits per heavy atom. The molecule has 0 aliphatic carbocycles. The molecule has 140 valence electrons. The zero-order valence-electron chi connectivity index (χ0n) is 14.9. The minimum Gasteiger partial charge on any atom is -0.379 e. The summed E-state index contributed by atoms with van der Waals surface area (Å²) in [5, 5.41) is 3.73. The zero-order chi connectivity index (χ0) is 18.6. The molecule has 27 heavy (non-hydrogen) atoms. The number of hydrogen-bond donors (Lipinski definition) is 2. The molecule has 4 rings (SSSR count). The summed E-state index contributed by atoms with van der Waals surface area (Å²) < 4.78 is 19.3. The van der Waals surface area contributed by atoms with E-state index in [2.05, 4.69) is 20.2 Å². The van der Waals surface area contributed by atoms with E-state index in [0.717, 1.165) is 43.8 Å². The monoisotopic (exact) mass is 368 g/mol. The molecule has 2 aromatic heterocycles. The highest BCUT2D eigenvalue weighted by atomic mass is 19.1. The Morgan fingerprint density at radius 2 is 2.15 bits per heavy atom. The van der Waals surface area contributed by atoms with Gasteiger partial charge in [0, 0.05) is 55.0 Å². The van der Waals surface area contributed by atoms with Gasteiger partial charge in [-0.25, -0.2) is 4.98 Å². The topological polar surface area (TPSA) is 70.2 Å². The van der Waals surface area contributed by atoms with Crippen LogP contribution in [0.4, 0.5) is 4.39 Å². The highest BCUT2D eigenvalue weighted by molar-refractivity contribution is 6.07. The van der Waals surface area contributed by atoms with Crippen molar-refractivity contribution >= 4 is 16.8 Å². The third kappa shape index (κ3) is 3.84. The molecular weight excluding hydrogens is 347 g/mol. The van der Waals surface area contributed by atoms with Crippen molar-refractivity contribution in [2.45, 2.75) is 0 Å². The molecule has 1 aliphatic rings. The lowest BCUT2D eigenvalue weighted by molar-refractivity contribution is 0.0383. The first-order valence-electron chi connectivity index (χ1n) is 9.03. The number of aromatic amines is 1. The average molecular weight is 368 g/mol. The van der Waals surface area contributed by atoms with Gasteiger partial charge in [-0.2, -0.15) is 4.39 Å². The normalized spacial score (nSPS) is 15.1. The Hall–Kier alpha value is -2.77. The molecule has 3 heterocycles. The SMILES string of the molecule is O=C(NCCN1CCOCC1)c1c[nH]c2ccc(-c3cccnc3F)cc12. The molecule has 0 unspecified atom stereocenters. The number of fused-ring (bicyclic) bond motifs is 1. The van der Waals surface area contributed by atoms with E-state index in [-0.39, 0.29) is 5.91 Å². The molecule has 0 saturated carbocycles. The molecule has 0 atom stereocenters. The maximum absolute atomic E-state index is 14.0. The number of carbonyl (C=O) groups is 1. The largest absolute Gasteiger partial charge is 0.379 e. The lowest BCUT2D eigenvalue weighted by Gasteiger charge is -2.26. The van der Waals surface area contributed by atoms with E-state index < -0.39 is 5.95 Å². The van der Waals surface area contributed by atoms with Crippen LogP contribution in [0.1, 0.15) is 10.4 Å². The number of carbonyl (C=O) groups excluding carboxylic acids is 1. The van der Waals surface area contributed by atoms with Gasteiger partial charge in [-0.3, -0.25) is 9.69 Å². The van der Waals surface area contributed by atoms with Crippen LogP contribution in [0.15, 0.2) is 42.7 Å². The highest BCUT2D eigenvalue weighted by Gasteiger charge is 2.15. The Bertz CT molecular complexity index is 950. The summed E-state index contributed by atoms with van der Waals surface area (Å²) in [5.74, 6) is -0.665. The van der Waals surface area contributed by atoms with Crippen LogP contribution >= 0.6 is 0 Å². The lowest BCUT2D eigenvalue weighted by Crippen LogP contribution is -2.41. The summed E-state index contributed by atoms with van der Waals surface area (Å²) in [6.45, 7) is 4.63. The van der Waals surface area contributed by atoms with Crippen LogP contribution in [-0.4, -0.2) is 60.2 Å². The summed E-state index contributed by atoms with van der Waals surface area (Å²) in [6, 6.07) is 8.86. The van der Waals surface area contributed by atoms with Crippen LogP contribution in [0.25, 0.3) is 22.0 Å². The Kier molecular flexibility index (Phi) is 5.13. The van der Waals surface area contributed by atoms with Crippen molar-refractivity contribution in [2.75, 3.05) is 39.4 Å². The third-order valence-corrected chi connectivity index (χ3v) is 4.81. The summed E-state index contributed by atoms with van der Waals surface area (Å²) >= 11 is 0. The minimum atomic E-state index is -0.524. The van der Waals surface area contributed by atoms with E-state index in [1.807, 2.05) is 18.2 Å². The van der Waals surface area contributed by atoms with Gasteiger partial charge in [0.15, 0.2) is 0 Å². The molecule has 7 heteroatoms. The van der Waals surface area contributed by atoms with Gasteiger partial charge in [0.1, 0.15) is 0 Å². The number of morpholine rings is 1. The number of aromatic nitrogens is 2. The van der Waals surface area contributed by atoms with Crippen LogP contribution in [-0.2, 0) is 4.74 Å². The van der Waals surface area contributed by atoms with Crippen molar-refractivity contribution in [3.05, 3.63) is 54.2 Å². The molecule has 6 nitrogen and oxygen atoms in total. The van der Waals surface area contributed by atoms with E-state index in [1.54, 1.807) is 18.3 Å². The fourth-order valence-electron chi connectivity index (χ4n) is 3.32. The van der Waals surface area contributed by atoms with Gasteiger partial charge in [-0.05, 0) is 29.8 Å². The predicted molar refractivity (Wildman–Crippen MR) is 101 cm³/mol. The second-order valence-electron chi connectivity index (χ2n) is 6.51. The molecule has 1 aromatic carbocycles. The van der Waals surface area contributed by atoms with Crippen LogP contribution < -0.4 is 5.32 Å². The van der Waals surface area contributed by atoms with Gasteiger partial charge in [0.2, 0.25) is 5.95 Å². The number of nitrogens with one attached hydrogen (secondary N) is 2. The van der Waals surface area contributed by atoms with E-state index >= 15 is 0 Å². The maximum atomic E-state index is 14.0. The molecule has 1 fully saturated rings. The molecule has 1 aliphatic heterocycles. The van der Waals surface area contributed by atoms with Crippen molar-refractivity contribution in [2.24, 2.45) is 0 Å². The number of nitrogens with zero attached hydrogens (tertiary/aromatic N) is 2. The number of benzene rings is 1. The maximum Gasteiger partial charge on any atom is 0.253 e. The summed E-state index contributed by atoms with van der Waals surface area (Å²) in [5.41, 5.74) is 2.49. The molecule has 0 bridgehead atoms. The fraction of sp³-hybridized carbons (Fsp3) is 0.300. The Balaban J connectivity index is 1.50. The number of rotatable bonds is 5. The summed E-state index contributed by atoms with van der Waals surface area (Å²) in [4.78, 5) is 21.7. The number of pyridine rings is 1. The van der Waals surface area contributed by atoms with Gasteiger partial charge < -0.3 is 15.0 Å². The van der Waals surface area contributed by atoms with Gasteiger partial charge in [-0.15, -0.1) is 0 Å². The molecule has 0 radical (unpaired) electrons. The quantitative estimate of drug-likeness (QED) is 0.679. The van der Waals surface area contributed by atoms with Crippen molar-refractivity contribution < 1.29 is 13.9 Å². The van der Waals surface area contributed by atoms with E-state index in [4.69, 9.17) is 4.74 Å². The second kappa shape index (κ2) is 7.85. The summed E-state index contributed by atoms with van der Waals surface area (Å²) in [6.07, 6.45) is 3.11. The van der Waals surface area contributed by atoms with E-state index in [0.29, 0.717) is 23.2 Å². The Morgan fingerprint density at radius 1 is 1.30 bits per heavy atom. The van der Waals surface area contributed by atoms with Crippen molar-refractivity contribution in [1.29, 1.82) is 0 Å². The lowest BCUT2D eigenvalue weighted by atomic mass is 10.0. The van der Waals surface area contributed by atoms with E-state index in [1.165, 1.54) is 6.20 Å². The standard InChI is InChI=1S/C20H21FN4O2/c21-19-15(2-1-5-22-19)14-3-4-18-16(12-14)17(13-24-18)20(26)23-6-7-25-8-10-27-11-9-25/h1-5,12-13,24H,6-11H2,(H,23,26).